The Morgan fingerprint density at radius 3 is 2.48 bits per heavy atom. The molecule has 1 aliphatic rings. The zero-order valence-corrected chi connectivity index (χ0v) is 14.0. The monoisotopic (exact) mass is 339 g/mol. The third kappa shape index (κ3) is 4.22. The highest BCUT2D eigenvalue weighted by atomic mass is 16.4. The fraction of sp³-hybridized carbons (Fsp3) is 0.316. The third-order valence-corrected chi connectivity index (χ3v) is 4.35. The average molecular weight is 339 g/mol. The normalized spacial score (nSPS) is 14.4. The van der Waals surface area contributed by atoms with Gasteiger partial charge in [-0.15, -0.1) is 0 Å². The molecule has 0 saturated carbocycles. The summed E-state index contributed by atoms with van der Waals surface area (Å²) in [4.78, 5) is 32.3. The third-order valence-electron chi connectivity index (χ3n) is 4.35. The van der Waals surface area contributed by atoms with E-state index in [0.29, 0.717) is 12.2 Å². The van der Waals surface area contributed by atoms with E-state index in [0.717, 1.165) is 31.6 Å². The SMILES string of the molecule is O=C(O)c1cccnc1CN(C(=O)CN1CCCC1)c1ccccc1. The van der Waals surface area contributed by atoms with Crippen molar-refractivity contribution >= 4 is 17.6 Å². The molecule has 0 spiro atoms. The molecule has 0 bridgehead atoms. The van der Waals surface area contributed by atoms with Crippen LogP contribution >= 0.6 is 0 Å². The molecule has 0 radical (unpaired) electrons. The molecule has 0 unspecified atom stereocenters. The molecule has 1 amide bonds. The standard InChI is InChI=1S/C19H21N3O3/c23-18(14-21-11-4-5-12-21)22(15-7-2-1-3-8-15)13-17-16(19(24)25)9-6-10-20-17/h1-3,6-10H,4-5,11-14H2,(H,24,25). The quantitative estimate of drug-likeness (QED) is 0.875. The van der Waals surface area contributed by atoms with Crippen LogP contribution in [0.5, 0.6) is 0 Å². The molecular formula is C19H21N3O3. The van der Waals surface area contributed by atoms with Crippen LogP contribution in [0.1, 0.15) is 28.9 Å². The number of para-hydroxylation sites is 1. The lowest BCUT2D eigenvalue weighted by Gasteiger charge is -2.25. The fourth-order valence-electron chi connectivity index (χ4n) is 3.06. The highest BCUT2D eigenvalue weighted by Gasteiger charge is 2.23. The van der Waals surface area contributed by atoms with Crippen LogP contribution in [-0.4, -0.2) is 46.5 Å². The first-order chi connectivity index (χ1) is 12.1. The summed E-state index contributed by atoms with van der Waals surface area (Å²) in [7, 11) is 0. The largest absolute Gasteiger partial charge is 0.478 e. The number of pyridine rings is 1. The highest BCUT2D eigenvalue weighted by Crippen LogP contribution is 2.19. The number of benzene rings is 1. The van der Waals surface area contributed by atoms with Gasteiger partial charge in [-0.05, 0) is 50.2 Å². The Hall–Kier alpha value is -2.73. The van der Waals surface area contributed by atoms with Crippen LogP contribution in [0.25, 0.3) is 0 Å². The minimum absolute atomic E-state index is 0.0462. The number of carbonyl (C=O) groups excluding carboxylic acids is 1. The van der Waals surface area contributed by atoms with Gasteiger partial charge in [0.15, 0.2) is 0 Å². The van der Waals surface area contributed by atoms with E-state index >= 15 is 0 Å². The molecule has 6 heteroatoms. The number of nitrogens with zero attached hydrogens (tertiary/aromatic N) is 3. The van der Waals surface area contributed by atoms with Crippen molar-refractivity contribution in [1.29, 1.82) is 0 Å². The number of carboxylic acid groups (broad SMARTS) is 1. The average Bonchev–Trinajstić information content (AvgIpc) is 3.13. The van der Waals surface area contributed by atoms with Gasteiger partial charge in [-0.25, -0.2) is 4.79 Å². The van der Waals surface area contributed by atoms with Crippen LogP contribution in [0.2, 0.25) is 0 Å². The number of aromatic nitrogens is 1. The second-order valence-corrected chi connectivity index (χ2v) is 6.10. The summed E-state index contributed by atoms with van der Waals surface area (Å²) in [5.41, 5.74) is 1.25. The molecule has 1 N–H and O–H groups in total. The molecule has 130 valence electrons. The van der Waals surface area contributed by atoms with E-state index in [9.17, 15) is 14.7 Å². The van der Waals surface area contributed by atoms with Crippen molar-refractivity contribution in [2.24, 2.45) is 0 Å². The van der Waals surface area contributed by atoms with Crippen LogP contribution in [0.3, 0.4) is 0 Å². The number of rotatable bonds is 6. The topological polar surface area (TPSA) is 73.7 Å². The molecule has 1 saturated heterocycles. The summed E-state index contributed by atoms with van der Waals surface area (Å²) in [5, 5.41) is 9.37. The van der Waals surface area contributed by atoms with Crippen molar-refractivity contribution in [2.45, 2.75) is 19.4 Å². The Kier molecular flexibility index (Phi) is 5.40. The zero-order valence-electron chi connectivity index (χ0n) is 14.0. The summed E-state index contributed by atoms with van der Waals surface area (Å²) in [5.74, 6) is -1.09. The van der Waals surface area contributed by atoms with E-state index in [1.165, 1.54) is 6.07 Å². The van der Waals surface area contributed by atoms with Crippen molar-refractivity contribution in [3.8, 4) is 0 Å². The van der Waals surface area contributed by atoms with Gasteiger partial charge in [0.05, 0.1) is 24.3 Å². The maximum absolute atomic E-state index is 12.9. The minimum Gasteiger partial charge on any atom is -0.478 e. The van der Waals surface area contributed by atoms with Crippen LogP contribution in [0, 0.1) is 0 Å². The Morgan fingerprint density at radius 1 is 1.08 bits per heavy atom. The number of carboxylic acids is 1. The van der Waals surface area contributed by atoms with Gasteiger partial charge < -0.3 is 10.0 Å². The Morgan fingerprint density at radius 2 is 1.80 bits per heavy atom. The van der Waals surface area contributed by atoms with Crippen LogP contribution in [-0.2, 0) is 11.3 Å². The predicted molar refractivity (Wildman–Crippen MR) is 94.5 cm³/mol. The zero-order chi connectivity index (χ0) is 17.6. The summed E-state index contributed by atoms with van der Waals surface area (Å²) >= 11 is 0. The van der Waals surface area contributed by atoms with Crippen molar-refractivity contribution < 1.29 is 14.7 Å². The number of hydrogen-bond donors (Lipinski definition) is 1. The molecule has 3 rings (SSSR count). The summed E-state index contributed by atoms with van der Waals surface area (Å²) in [6.07, 6.45) is 3.78. The van der Waals surface area contributed by atoms with Crippen molar-refractivity contribution in [3.63, 3.8) is 0 Å². The first-order valence-corrected chi connectivity index (χ1v) is 8.40. The number of likely N-dealkylation sites (tertiary alicyclic amines) is 1. The van der Waals surface area contributed by atoms with Gasteiger partial charge in [0.1, 0.15) is 0 Å². The van der Waals surface area contributed by atoms with Crippen molar-refractivity contribution in [3.05, 3.63) is 59.9 Å². The first-order valence-electron chi connectivity index (χ1n) is 8.40. The maximum atomic E-state index is 12.9. The van der Waals surface area contributed by atoms with Gasteiger partial charge in [0.25, 0.3) is 0 Å². The summed E-state index contributed by atoms with van der Waals surface area (Å²) in [6, 6.07) is 12.4. The molecule has 1 fully saturated rings. The van der Waals surface area contributed by atoms with Crippen molar-refractivity contribution in [1.82, 2.24) is 9.88 Å². The van der Waals surface area contributed by atoms with Crippen LogP contribution in [0.4, 0.5) is 5.69 Å². The van der Waals surface area contributed by atoms with Gasteiger partial charge in [-0.2, -0.15) is 0 Å². The number of anilines is 1. The maximum Gasteiger partial charge on any atom is 0.337 e. The van der Waals surface area contributed by atoms with E-state index in [4.69, 9.17) is 0 Å². The highest BCUT2D eigenvalue weighted by molar-refractivity contribution is 5.95. The Bertz CT molecular complexity index is 743. The van der Waals surface area contributed by atoms with E-state index in [1.807, 2.05) is 30.3 Å². The van der Waals surface area contributed by atoms with Gasteiger partial charge >= 0.3 is 5.97 Å². The lowest BCUT2D eigenvalue weighted by Crippen LogP contribution is -2.39. The van der Waals surface area contributed by atoms with Gasteiger partial charge in [-0.3, -0.25) is 14.7 Å². The van der Waals surface area contributed by atoms with E-state index < -0.39 is 5.97 Å². The van der Waals surface area contributed by atoms with Gasteiger partial charge in [-0.1, -0.05) is 18.2 Å². The van der Waals surface area contributed by atoms with Gasteiger partial charge in [0.2, 0.25) is 5.91 Å². The predicted octanol–water partition coefficient (Wildman–Crippen LogP) is 2.41. The number of aromatic carboxylic acids is 1. The summed E-state index contributed by atoms with van der Waals surface area (Å²) in [6.45, 7) is 2.33. The van der Waals surface area contributed by atoms with Crippen LogP contribution in [0.15, 0.2) is 48.7 Å². The van der Waals surface area contributed by atoms with E-state index in [2.05, 4.69) is 9.88 Å². The molecular weight excluding hydrogens is 318 g/mol. The number of hydrogen-bond acceptors (Lipinski definition) is 4. The number of amides is 1. The van der Waals surface area contributed by atoms with Crippen LogP contribution < -0.4 is 4.90 Å². The molecule has 0 atom stereocenters. The minimum atomic E-state index is -1.04. The molecule has 1 aliphatic heterocycles. The molecule has 25 heavy (non-hydrogen) atoms. The number of carbonyl (C=O) groups is 2. The van der Waals surface area contributed by atoms with Gasteiger partial charge in [0, 0.05) is 11.9 Å². The first kappa shape index (κ1) is 17.1. The molecule has 0 aliphatic carbocycles. The van der Waals surface area contributed by atoms with E-state index in [-0.39, 0.29) is 18.0 Å². The molecule has 2 aromatic rings. The van der Waals surface area contributed by atoms with Crippen molar-refractivity contribution in [2.75, 3.05) is 24.5 Å². The fourth-order valence-corrected chi connectivity index (χ4v) is 3.06. The molecule has 6 nitrogen and oxygen atoms in total. The second kappa shape index (κ2) is 7.90. The lowest BCUT2D eigenvalue weighted by atomic mass is 10.1. The Labute approximate surface area is 146 Å². The van der Waals surface area contributed by atoms with E-state index in [1.54, 1.807) is 17.2 Å². The second-order valence-electron chi connectivity index (χ2n) is 6.10. The molecule has 1 aromatic carbocycles. The molecule has 1 aromatic heterocycles. The smallest absolute Gasteiger partial charge is 0.337 e. The molecule has 2 heterocycles. The summed E-state index contributed by atoms with van der Waals surface area (Å²) < 4.78 is 0. The lowest BCUT2D eigenvalue weighted by molar-refractivity contribution is -0.119. The Balaban J connectivity index is 1.86.